The van der Waals surface area contributed by atoms with Gasteiger partial charge in [0.15, 0.2) is 0 Å². The molecule has 1 aliphatic rings. The fourth-order valence-corrected chi connectivity index (χ4v) is 1.48. The van der Waals surface area contributed by atoms with Crippen LogP contribution in [-0.4, -0.2) is 18.1 Å². The minimum absolute atomic E-state index is 0.332. The van der Waals surface area contributed by atoms with Crippen LogP contribution in [0.4, 0.5) is 0 Å². The third-order valence-electron chi connectivity index (χ3n) is 2.42. The Bertz CT molecular complexity index is 444. The molecule has 0 bridgehead atoms. The van der Waals surface area contributed by atoms with Crippen molar-refractivity contribution in [2.75, 3.05) is 7.11 Å². The van der Waals surface area contributed by atoms with Crippen molar-refractivity contribution >= 4 is 5.97 Å². The average molecular weight is 202 g/mol. The molecule has 1 heterocycles. The Morgan fingerprint density at radius 3 is 2.93 bits per heavy atom. The highest BCUT2D eigenvalue weighted by Crippen LogP contribution is 2.40. The molecule has 0 spiro atoms. The first-order chi connectivity index (χ1) is 7.26. The molecule has 0 amide bonds. The second-order valence-corrected chi connectivity index (χ2v) is 3.53. The third kappa shape index (κ3) is 1.82. The van der Waals surface area contributed by atoms with Crippen molar-refractivity contribution in [3.05, 3.63) is 29.1 Å². The lowest BCUT2D eigenvalue weighted by molar-refractivity contribution is 0.0600. The molecule has 0 N–H and O–H groups in total. The first-order valence-electron chi connectivity index (χ1n) is 4.74. The normalized spacial score (nSPS) is 14.4. The van der Waals surface area contributed by atoms with Gasteiger partial charge in [-0.2, -0.15) is 5.26 Å². The SMILES string of the molecule is COC(=O)c1cnc(C2CC2)c(C#N)c1. The Kier molecular flexibility index (Phi) is 2.38. The van der Waals surface area contributed by atoms with Gasteiger partial charge >= 0.3 is 5.97 Å². The van der Waals surface area contributed by atoms with E-state index < -0.39 is 5.97 Å². The lowest BCUT2D eigenvalue weighted by Crippen LogP contribution is -2.04. The van der Waals surface area contributed by atoms with Gasteiger partial charge in [0.1, 0.15) is 6.07 Å². The van der Waals surface area contributed by atoms with Crippen LogP contribution in [0.3, 0.4) is 0 Å². The van der Waals surface area contributed by atoms with Gasteiger partial charge in [-0.1, -0.05) is 0 Å². The molecule has 1 saturated carbocycles. The first kappa shape index (κ1) is 9.66. The molecular formula is C11H10N2O2. The van der Waals surface area contributed by atoms with Crippen molar-refractivity contribution in [3.8, 4) is 6.07 Å². The number of carbonyl (C=O) groups excluding carboxylic acids is 1. The minimum atomic E-state index is -0.457. The molecule has 2 rings (SSSR count). The van der Waals surface area contributed by atoms with Gasteiger partial charge in [-0.3, -0.25) is 4.98 Å². The summed E-state index contributed by atoms with van der Waals surface area (Å²) in [6.07, 6.45) is 3.64. The second kappa shape index (κ2) is 3.70. The Morgan fingerprint density at radius 1 is 1.67 bits per heavy atom. The van der Waals surface area contributed by atoms with Crippen molar-refractivity contribution in [3.63, 3.8) is 0 Å². The van der Waals surface area contributed by atoms with E-state index in [1.54, 1.807) is 6.07 Å². The monoisotopic (exact) mass is 202 g/mol. The summed E-state index contributed by atoms with van der Waals surface area (Å²) >= 11 is 0. The van der Waals surface area contributed by atoms with E-state index in [9.17, 15) is 4.79 Å². The van der Waals surface area contributed by atoms with Gasteiger partial charge in [0, 0.05) is 12.1 Å². The summed E-state index contributed by atoms with van der Waals surface area (Å²) in [5.74, 6) is -0.0484. The van der Waals surface area contributed by atoms with Gasteiger partial charge in [-0.15, -0.1) is 0 Å². The first-order valence-corrected chi connectivity index (χ1v) is 4.74. The number of carbonyl (C=O) groups is 1. The van der Waals surface area contributed by atoms with Gasteiger partial charge in [-0.25, -0.2) is 4.79 Å². The molecule has 1 aromatic rings. The molecule has 4 heteroatoms. The second-order valence-electron chi connectivity index (χ2n) is 3.53. The summed E-state index contributed by atoms with van der Waals surface area (Å²) in [7, 11) is 1.31. The quantitative estimate of drug-likeness (QED) is 0.683. The van der Waals surface area contributed by atoms with Gasteiger partial charge in [0.25, 0.3) is 0 Å². The zero-order valence-corrected chi connectivity index (χ0v) is 8.36. The summed E-state index contributed by atoms with van der Waals surface area (Å²) in [6.45, 7) is 0. The van der Waals surface area contributed by atoms with Crippen molar-refractivity contribution in [1.82, 2.24) is 4.98 Å². The molecule has 1 aromatic heterocycles. The topological polar surface area (TPSA) is 63.0 Å². The van der Waals surface area contributed by atoms with Crippen LogP contribution < -0.4 is 0 Å². The van der Waals surface area contributed by atoms with E-state index in [4.69, 9.17) is 5.26 Å². The van der Waals surface area contributed by atoms with Crippen LogP contribution in [-0.2, 0) is 4.74 Å². The molecule has 0 aromatic carbocycles. The van der Waals surface area contributed by atoms with E-state index in [2.05, 4.69) is 15.8 Å². The number of rotatable bonds is 2. The molecule has 76 valence electrons. The van der Waals surface area contributed by atoms with Crippen LogP contribution in [0.1, 0.15) is 40.4 Å². The zero-order valence-electron chi connectivity index (χ0n) is 8.36. The van der Waals surface area contributed by atoms with Crippen molar-refractivity contribution < 1.29 is 9.53 Å². The Morgan fingerprint density at radius 2 is 2.40 bits per heavy atom. The number of hydrogen-bond acceptors (Lipinski definition) is 4. The summed E-state index contributed by atoms with van der Waals surface area (Å²) in [4.78, 5) is 15.4. The molecule has 0 saturated heterocycles. The van der Waals surface area contributed by atoms with Crippen molar-refractivity contribution in [1.29, 1.82) is 5.26 Å². The molecule has 4 nitrogen and oxygen atoms in total. The minimum Gasteiger partial charge on any atom is -0.465 e. The van der Waals surface area contributed by atoms with E-state index in [1.807, 2.05) is 0 Å². The van der Waals surface area contributed by atoms with E-state index in [0.29, 0.717) is 17.0 Å². The standard InChI is InChI=1S/C11H10N2O2/c1-15-11(14)9-4-8(5-12)10(13-6-9)7-2-3-7/h4,6-7H,2-3H2,1H3. The maximum atomic E-state index is 11.2. The Balaban J connectivity index is 2.39. The predicted octanol–water partition coefficient (Wildman–Crippen LogP) is 1.62. The summed E-state index contributed by atoms with van der Waals surface area (Å²) in [6, 6.07) is 3.61. The molecule has 1 aliphatic carbocycles. The molecule has 1 fully saturated rings. The number of pyridine rings is 1. The lowest BCUT2D eigenvalue weighted by Gasteiger charge is -2.03. The summed E-state index contributed by atoms with van der Waals surface area (Å²) < 4.78 is 4.56. The highest BCUT2D eigenvalue weighted by molar-refractivity contribution is 5.89. The number of methoxy groups -OCH3 is 1. The highest BCUT2D eigenvalue weighted by atomic mass is 16.5. The maximum absolute atomic E-state index is 11.2. The smallest absolute Gasteiger partial charge is 0.339 e. The number of nitriles is 1. The summed E-state index contributed by atoms with van der Waals surface area (Å²) in [5, 5.41) is 8.93. The molecular weight excluding hydrogens is 192 g/mol. The van der Waals surface area contributed by atoms with Gasteiger partial charge in [0.2, 0.25) is 0 Å². The Hall–Kier alpha value is -1.89. The highest BCUT2D eigenvalue weighted by Gasteiger charge is 2.28. The van der Waals surface area contributed by atoms with Gasteiger partial charge < -0.3 is 4.74 Å². The average Bonchev–Trinajstić information content (AvgIpc) is 3.11. The third-order valence-corrected chi connectivity index (χ3v) is 2.42. The summed E-state index contributed by atoms with van der Waals surface area (Å²) in [5.41, 5.74) is 1.63. The van der Waals surface area contributed by atoms with E-state index in [0.717, 1.165) is 18.5 Å². The number of aromatic nitrogens is 1. The van der Waals surface area contributed by atoms with Crippen LogP contribution in [0.2, 0.25) is 0 Å². The van der Waals surface area contributed by atoms with Crippen LogP contribution in [0.25, 0.3) is 0 Å². The number of hydrogen-bond donors (Lipinski definition) is 0. The van der Waals surface area contributed by atoms with Crippen LogP contribution in [0, 0.1) is 11.3 Å². The number of nitrogens with zero attached hydrogens (tertiary/aromatic N) is 2. The zero-order chi connectivity index (χ0) is 10.8. The van der Waals surface area contributed by atoms with E-state index in [-0.39, 0.29) is 0 Å². The Labute approximate surface area is 87.5 Å². The molecule has 15 heavy (non-hydrogen) atoms. The number of esters is 1. The maximum Gasteiger partial charge on any atom is 0.339 e. The van der Waals surface area contributed by atoms with Gasteiger partial charge in [-0.05, 0) is 18.9 Å². The van der Waals surface area contributed by atoms with Crippen LogP contribution in [0.5, 0.6) is 0 Å². The molecule has 0 aliphatic heterocycles. The molecule has 0 atom stereocenters. The van der Waals surface area contributed by atoms with Crippen molar-refractivity contribution in [2.24, 2.45) is 0 Å². The number of ether oxygens (including phenoxy) is 1. The molecule has 0 unspecified atom stereocenters. The van der Waals surface area contributed by atoms with Crippen LogP contribution in [0.15, 0.2) is 12.3 Å². The predicted molar refractivity (Wildman–Crippen MR) is 52.3 cm³/mol. The fourth-order valence-electron chi connectivity index (χ4n) is 1.48. The molecule has 0 radical (unpaired) electrons. The van der Waals surface area contributed by atoms with Crippen molar-refractivity contribution in [2.45, 2.75) is 18.8 Å². The fraction of sp³-hybridized carbons (Fsp3) is 0.364. The van der Waals surface area contributed by atoms with E-state index in [1.165, 1.54) is 13.3 Å². The van der Waals surface area contributed by atoms with Crippen LogP contribution >= 0.6 is 0 Å². The van der Waals surface area contributed by atoms with Gasteiger partial charge in [0.05, 0.1) is 23.9 Å². The lowest BCUT2D eigenvalue weighted by atomic mass is 10.1. The largest absolute Gasteiger partial charge is 0.465 e. The van der Waals surface area contributed by atoms with E-state index >= 15 is 0 Å².